The number of hydrogen-bond acceptors (Lipinski definition) is 5. The summed E-state index contributed by atoms with van der Waals surface area (Å²) in [6.07, 6.45) is 25.0. The number of hydrogen-bond donors (Lipinski definition) is 0. The molecule has 9 rings (SSSR count). The predicted molar refractivity (Wildman–Crippen MR) is 210 cm³/mol. The summed E-state index contributed by atoms with van der Waals surface area (Å²) in [6, 6.07) is 28.7. The topological polar surface area (TPSA) is 82.3 Å². The van der Waals surface area contributed by atoms with E-state index in [0.29, 0.717) is 11.7 Å². The second-order valence-electron chi connectivity index (χ2n) is 15.2. The third kappa shape index (κ3) is 9.72. The van der Waals surface area contributed by atoms with Gasteiger partial charge < -0.3 is 9.64 Å². The number of rotatable bonds is 3. The lowest BCUT2D eigenvalue weighted by molar-refractivity contribution is 0.103. The van der Waals surface area contributed by atoms with Crippen molar-refractivity contribution in [3.8, 4) is 28.3 Å². The molecule has 2 unspecified atom stereocenters. The van der Waals surface area contributed by atoms with E-state index in [1.54, 1.807) is 54.9 Å². The largest absolute Gasteiger partial charge is 0.424 e. The van der Waals surface area contributed by atoms with E-state index in [1.165, 1.54) is 62.3 Å². The molecule has 1 amide bonds. The van der Waals surface area contributed by atoms with Gasteiger partial charge in [-0.3, -0.25) is 4.57 Å². The second kappa shape index (κ2) is 18.2. The summed E-state index contributed by atoms with van der Waals surface area (Å²) in [7, 11) is 0. The van der Waals surface area contributed by atoms with Crippen LogP contribution in [0.15, 0.2) is 116 Å². The predicted octanol–water partition coefficient (Wildman–Crippen LogP) is 11.0. The van der Waals surface area contributed by atoms with Crippen LogP contribution in [0.25, 0.3) is 22.5 Å². The van der Waals surface area contributed by atoms with Gasteiger partial charge in [0.2, 0.25) is 0 Å². The molecule has 8 nitrogen and oxygen atoms in total. The molecule has 4 aliphatic rings. The van der Waals surface area contributed by atoms with Crippen molar-refractivity contribution in [3.05, 3.63) is 116 Å². The van der Waals surface area contributed by atoms with Gasteiger partial charge in [-0.15, -0.1) is 0 Å². The number of fused-ring (bicyclic) bond motifs is 2. The highest BCUT2D eigenvalue weighted by atomic mass is 16.6. The minimum absolute atomic E-state index is 0.0729. The lowest BCUT2D eigenvalue weighted by Crippen LogP contribution is -2.46. The van der Waals surface area contributed by atoms with Gasteiger partial charge >= 0.3 is 12.1 Å². The number of piperidine rings is 1. The van der Waals surface area contributed by atoms with Crippen LogP contribution < -0.4 is 4.74 Å². The molecule has 3 aromatic carbocycles. The van der Waals surface area contributed by atoms with Crippen LogP contribution in [0.5, 0.6) is 5.75 Å². The lowest BCUT2D eigenvalue weighted by atomic mass is 9.71. The Labute approximate surface area is 314 Å². The van der Waals surface area contributed by atoms with Gasteiger partial charge in [-0.1, -0.05) is 149 Å². The third-order valence-corrected chi connectivity index (χ3v) is 11.7. The number of benzene rings is 3. The fraction of sp³-hybridized carbons (Fsp3) is 0.422. The smallest absolute Gasteiger partial charge is 0.410 e. The zero-order valence-corrected chi connectivity index (χ0v) is 30.8. The Morgan fingerprint density at radius 1 is 0.528 bits per heavy atom. The Hall–Kier alpha value is -4.98. The van der Waals surface area contributed by atoms with Gasteiger partial charge in [0, 0.05) is 36.6 Å². The molecule has 0 N–H and O–H groups in total. The average molecular weight is 712 g/mol. The van der Waals surface area contributed by atoms with Crippen LogP contribution in [0.1, 0.15) is 83.5 Å². The molecule has 2 atom stereocenters. The quantitative estimate of drug-likeness (QED) is 0.186. The molecule has 4 fully saturated rings. The summed E-state index contributed by atoms with van der Waals surface area (Å²) in [5, 5.41) is 0. The molecule has 3 aliphatic carbocycles. The average Bonchev–Trinajstić information content (AvgIpc) is 3.94. The number of para-hydroxylation sites is 1. The molecular weight excluding hydrogens is 659 g/mol. The van der Waals surface area contributed by atoms with Crippen molar-refractivity contribution >= 4 is 12.1 Å². The number of ether oxygens (including phenoxy) is 1. The van der Waals surface area contributed by atoms with Gasteiger partial charge in [-0.05, 0) is 48.6 Å². The second-order valence-corrected chi connectivity index (χ2v) is 15.2. The van der Waals surface area contributed by atoms with Crippen molar-refractivity contribution in [2.75, 3.05) is 13.1 Å². The zero-order valence-electron chi connectivity index (χ0n) is 30.8. The SMILES string of the molecule is C1CCC2CCCCC2C1.O=C(N1CCC2CCCCC2C1)n1cnc(-c2ccccc2)c1.O=C(Oc1ccccc1)n1cnc(-c2ccccc2)c1. The Morgan fingerprint density at radius 2 is 0.962 bits per heavy atom. The molecule has 3 saturated carbocycles. The zero-order chi connectivity index (χ0) is 36.2. The molecule has 53 heavy (non-hydrogen) atoms. The van der Waals surface area contributed by atoms with E-state index in [1.807, 2.05) is 90.0 Å². The van der Waals surface area contributed by atoms with E-state index in [2.05, 4.69) is 9.97 Å². The van der Waals surface area contributed by atoms with Crippen molar-refractivity contribution in [2.24, 2.45) is 23.7 Å². The number of carbonyl (C=O) groups is 2. The lowest BCUT2D eigenvalue weighted by Gasteiger charge is -2.41. The van der Waals surface area contributed by atoms with E-state index in [-0.39, 0.29) is 6.03 Å². The first-order valence-corrected chi connectivity index (χ1v) is 19.9. The molecular formula is C45H53N5O3. The van der Waals surface area contributed by atoms with E-state index in [0.717, 1.165) is 59.8 Å². The summed E-state index contributed by atoms with van der Waals surface area (Å²) in [5.41, 5.74) is 3.59. The first-order chi connectivity index (χ1) is 26.1. The van der Waals surface area contributed by atoms with Crippen molar-refractivity contribution in [1.82, 2.24) is 24.0 Å². The van der Waals surface area contributed by atoms with Gasteiger partial charge in [-0.2, -0.15) is 0 Å². The molecule has 0 spiro atoms. The molecule has 3 heterocycles. The van der Waals surface area contributed by atoms with Crippen molar-refractivity contribution < 1.29 is 14.3 Å². The summed E-state index contributed by atoms with van der Waals surface area (Å²) in [5.74, 6) is 4.37. The summed E-state index contributed by atoms with van der Waals surface area (Å²) in [4.78, 5) is 35.4. The summed E-state index contributed by atoms with van der Waals surface area (Å²) in [6.45, 7) is 1.81. The highest BCUT2D eigenvalue weighted by molar-refractivity contribution is 5.78. The van der Waals surface area contributed by atoms with Crippen molar-refractivity contribution in [1.29, 1.82) is 0 Å². The Morgan fingerprint density at radius 3 is 1.49 bits per heavy atom. The molecule has 8 heteroatoms. The van der Waals surface area contributed by atoms with Crippen LogP contribution in [-0.4, -0.2) is 49.2 Å². The standard InChI is InChI=1S/C19H23N3O.C16H12N2O2.C10H18/c23-19(21-11-10-15-6-4-5-9-17(15)12-21)22-13-18(20-14-22)16-7-2-1-3-8-16;19-16(20-14-9-5-2-6-10-14)18-11-15(17-12-18)13-7-3-1-4-8-13;1-2-6-10-8-4-3-7-9(10)5-1/h1-3,7-8,13-15,17H,4-6,9-12H2;1-12H;9-10H,1-8H2. The fourth-order valence-corrected chi connectivity index (χ4v) is 8.80. The van der Waals surface area contributed by atoms with Gasteiger partial charge in [0.1, 0.15) is 18.4 Å². The molecule has 276 valence electrons. The molecule has 0 radical (unpaired) electrons. The maximum atomic E-state index is 12.8. The number of amides is 1. The normalized spacial score (nSPS) is 22.1. The first kappa shape index (κ1) is 36.4. The first-order valence-electron chi connectivity index (χ1n) is 19.9. The van der Waals surface area contributed by atoms with Crippen LogP contribution >= 0.6 is 0 Å². The monoisotopic (exact) mass is 711 g/mol. The highest BCUT2D eigenvalue weighted by Crippen LogP contribution is 2.40. The van der Waals surface area contributed by atoms with Gasteiger partial charge in [0.15, 0.2) is 0 Å². The number of carbonyl (C=O) groups excluding carboxylic acids is 2. The highest BCUT2D eigenvalue weighted by Gasteiger charge is 2.33. The number of likely N-dealkylation sites (tertiary alicyclic amines) is 1. The molecule has 5 aromatic rings. The van der Waals surface area contributed by atoms with E-state index in [9.17, 15) is 9.59 Å². The Balaban J connectivity index is 0.000000132. The van der Waals surface area contributed by atoms with Gasteiger partial charge in [0.25, 0.3) is 0 Å². The van der Waals surface area contributed by atoms with Crippen LogP contribution in [0.2, 0.25) is 0 Å². The third-order valence-electron chi connectivity index (χ3n) is 11.7. The molecule has 0 bridgehead atoms. The number of nitrogens with zero attached hydrogens (tertiary/aromatic N) is 5. The van der Waals surface area contributed by atoms with Gasteiger partial charge in [0.05, 0.1) is 11.4 Å². The maximum absolute atomic E-state index is 12.8. The number of imidazole rings is 2. The van der Waals surface area contributed by atoms with Gasteiger partial charge in [-0.25, -0.2) is 24.1 Å². The minimum Gasteiger partial charge on any atom is -0.410 e. The van der Waals surface area contributed by atoms with E-state index in [4.69, 9.17) is 4.74 Å². The van der Waals surface area contributed by atoms with Crippen LogP contribution in [0, 0.1) is 23.7 Å². The van der Waals surface area contributed by atoms with Crippen molar-refractivity contribution in [2.45, 2.75) is 83.5 Å². The van der Waals surface area contributed by atoms with Crippen LogP contribution in [0.4, 0.5) is 9.59 Å². The van der Waals surface area contributed by atoms with Crippen LogP contribution in [-0.2, 0) is 0 Å². The minimum atomic E-state index is -0.481. The maximum Gasteiger partial charge on any atom is 0.424 e. The summed E-state index contributed by atoms with van der Waals surface area (Å²) < 4.78 is 8.21. The molecule has 1 aliphatic heterocycles. The number of aromatic nitrogens is 4. The Kier molecular flexibility index (Phi) is 12.5. The summed E-state index contributed by atoms with van der Waals surface area (Å²) >= 11 is 0. The Bertz CT molecular complexity index is 1850. The van der Waals surface area contributed by atoms with Crippen molar-refractivity contribution in [3.63, 3.8) is 0 Å². The van der Waals surface area contributed by atoms with E-state index >= 15 is 0 Å². The molecule has 2 aromatic heterocycles. The van der Waals surface area contributed by atoms with E-state index < -0.39 is 6.09 Å². The molecule has 1 saturated heterocycles. The fourth-order valence-electron chi connectivity index (χ4n) is 8.80. The van der Waals surface area contributed by atoms with Crippen LogP contribution in [0.3, 0.4) is 0 Å².